The fourth-order valence-electron chi connectivity index (χ4n) is 2.47. The average Bonchev–Trinajstić information content (AvgIpc) is 2.55. The molecule has 1 aromatic carbocycles. The fourth-order valence-corrected chi connectivity index (χ4v) is 3.57. The molecule has 0 aliphatic carbocycles. The van der Waals surface area contributed by atoms with Gasteiger partial charge in [0.25, 0.3) is 0 Å². The Kier molecular flexibility index (Phi) is 8.09. The highest BCUT2D eigenvalue weighted by Crippen LogP contribution is 2.38. The minimum Gasteiger partial charge on any atom is -0.496 e. The maximum absolute atomic E-state index is 12.1. The fraction of sp³-hybridized carbons (Fsp3) is 0.609. The molecule has 0 bridgehead atoms. The van der Waals surface area contributed by atoms with E-state index in [0.717, 1.165) is 16.9 Å². The Balaban J connectivity index is 3.08. The molecule has 1 unspecified atom stereocenters. The van der Waals surface area contributed by atoms with Crippen LogP contribution >= 0.6 is 0 Å². The van der Waals surface area contributed by atoms with Crippen LogP contribution in [0.5, 0.6) is 5.75 Å². The minimum atomic E-state index is -1.83. The van der Waals surface area contributed by atoms with Crippen LogP contribution in [-0.4, -0.2) is 33.6 Å². The number of esters is 1. The van der Waals surface area contributed by atoms with Crippen molar-refractivity contribution >= 4 is 20.4 Å². The van der Waals surface area contributed by atoms with Gasteiger partial charge < -0.3 is 13.9 Å². The molecule has 5 heteroatoms. The molecule has 1 atom stereocenters. The molecular weight excluding hydrogens is 368 g/mol. The number of carbonyl (C=O) groups excluding carboxylic acids is 1. The van der Waals surface area contributed by atoms with Gasteiger partial charge in [0, 0.05) is 24.2 Å². The Bertz CT molecular complexity index is 694. The molecule has 0 saturated heterocycles. The number of ether oxygens (including phenoxy) is 2. The second-order valence-corrected chi connectivity index (χ2v) is 14.6. The number of hydrogen-bond acceptors (Lipinski definition) is 4. The van der Waals surface area contributed by atoms with E-state index in [1.54, 1.807) is 13.2 Å². The molecule has 0 aromatic heterocycles. The molecule has 0 fully saturated rings. The van der Waals surface area contributed by atoms with Crippen LogP contribution in [-0.2, 0) is 14.0 Å². The van der Waals surface area contributed by atoms with Gasteiger partial charge in [0.05, 0.1) is 7.11 Å². The van der Waals surface area contributed by atoms with Gasteiger partial charge in [-0.05, 0) is 56.6 Å². The zero-order valence-electron chi connectivity index (χ0n) is 19.3. The van der Waals surface area contributed by atoms with Crippen LogP contribution in [0.1, 0.15) is 65.5 Å². The van der Waals surface area contributed by atoms with Crippen LogP contribution in [0.25, 0.3) is 6.08 Å². The molecule has 0 radical (unpaired) electrons. The molecule has 0 heterocycles. The molecular formula is C23H38O4Si. The average molecular weight is 407 g/mol. The van der Waals surface area contributed by atoms with E-state index >= 15 is 0 Å². The van der Waals surface area contributed by atoms with Crippen LogP contribution < -0.4 is 4.74 Å². The summed E-state index contributed by atoms with van der Waals surface area (Å²) in [4.78, 5) is 12.1. The predicted octanol–water partition coefficient (Wildman–Crippen LogP) is 6.18. The van der Waals surface area contributed by atoms with Crippen molar-refractivity contribution in [2.75, 3.05) is 13.7 Å². The predicted molar refractivity (Wildman–Crippen MR) is 119 cm³/mol. The normalized spacial score (nSPS) is 14.2. The van der Waals surface area contributed by atoms with Gasteiger partial charge in [-0.25, -0.2) is 4.79 Å². The van der Waals surface area contributed by atoms with Gasteiger partial charge in [0.15, 0.2) is 8.32 Å². The van der Waals surface area contributed by atoms with Gasteiger partial charge in [0.1, 0.15) is 11.4 Å². The quantitative estimate of drug-likeness (QED) is 0.308. The molecule has 4 nitrogen and oxygen atoms in total. The molecule has 0 N–H and O–H groups in total. The molecule has 1 rings (SSSR count). The lowest BCUT2D eigenvalue weighted by molar-refractivity contribution is -0.148. The van der Waals surface area contributed by atoms with E-state index in [1.165, 1.54) is 6.08 Å². The SMILES string of the molecule is COc1cccc(C(C)CO[Si](C)(C)C(C)(C)C)c1/C=C/C(=O)OC(C)(C)C. The second-order valence-electron chi connectivity index (χ2n) is 9.80. The first-order valence-electron chi connectivity index (χ1n) is 9.90. The summed E-state index contributed by atoms with van der Waals surface area (Å²) >= 11 is 0. The van der Waals surface area contributed by atoms with Gasteiger partial charge in [-0.1, -0.05) is 39.8 Å². The van der Waals surface area contributed by atoms with Crippen molar-refractivity contribution in [3.05, 3.63) is 35.4 Å². The van der Waals surface area contributed by atoms with Gasteiger partial charge in [-0.2, -0.15) is 0 Å². The zero-order valence-corrected chi connectivity index (χ0v) is 20.3. The van der Waals surface area contributed by atoms with Crippen molar-refractivity contribution in [1.29, 1.82) is 0 Å². The third-order valence-electron chi connectivity index (χ3n) is 5.14. The summed E-state index contributed by atoms with van der Waals surface area (Å²) in [6, 6.07) is 5.94. The van der Waals surface area contributed by atoms with Crippen LogP contribution in [0, 0.1) is 0 Å². The van der Waals surface area contributed by atoms with Gasteiger partial charge >= 0.3 is 5.97 Å². The van der Waals surface area contributed by atoms with E-state index in [4.69, 9.17) is 13.9 Å². The van der Waals surface area contributed by atoms with E-state index in [-0.39, 0.29) is 16.9 Å². The van der Waals surface area contributed by atoms with Crippen molar-refractivity contribution in [3.8, 4) is 5.75 Å². The van der Waals surface area contributed by atoms with E-state index in [0.29, 0.717) is 6.61 Å². The van der Waals surface area contributed by atoms with E-state index in [2.05, 4.69) is 46.9 Å². The zero-order chi connectivity index (χ0) is 21.8. The van der Waals surface area contributed by atoms with Crippen molar-refractivity contribution in [1.82, 2.24) is 0 Å². The van der Waals surface area contributed by atoms with Gasteiger partial charge in [-0.15, -0.1) is 0 Å². The lowest BCUT2D eigenvalue weighted by atomic mass is 9.95. The summed E-state index contributed by atoms with van der Waals surface area (Å²) in [6.45, 7) is 19.6. The first-order chi connectivity index (χ1) is 12.7. The Morgan fingerprint density at radius 3 is 2.25 bits per heavy atom. The van der Waals surface area contributed by atoms with Crippen molar-refractivity contribution in [3.63, 3.8) is 0 Å². The Morgan fingerprint density at radius 1 is 1.14 bits per heavy atom. The highest BCUT2D eigenvalue weighted by Gasteiger charge is 2.37. The number of methoxy groups -OCH3 is 1. The number of benzene rings is 1. The second kappa shape index (κ2) is 9.27. The van der Waals surface area contributed by atoms with Crippen molar-refractivity contribution < 1.29 is 18.7 Å². The van der Waals surface area contributed by atoms with Gasteiger partial charge in [-0.3, -0.25) is 0 Å². The highest BCUT2D eigenvalue weighted by atomic mass is 28.4. The first-order valence-corrected chi connectivity index (χ1v) is 12.8. The minimum absolute atomic E-state index is 0.167. The maximum Gasteiger partial charge on any atom is 0.331 e. The molecule has 0 aliphatic heterocycles. The van der Waals surface area contributed by atoms with Crippen LogP contribution in [0.3, 0.4) is 0 Å². The smallest absolute Gasteiger partial charge is 0.331 e. The van der Waals surface area contributed by atoms with Crippen LogP contribution in [0.15, 0.2) is 24.3 Å². The summed E-state index contributed by atoms with van der Waals surface area (Å²) in [5.41, 5.74) is 1.47. The lowest BCUT2D eigenvalue weighted by Crippen LogP contribution is -2.41. The number of carbonyl (C=O) groups is 1. The molecule has 1 aromatic rings. The molecule has 158 valence electrons. The monoisotopic (exact) mass is 406 g/mol. The summed E-state index contributed by atoms with van der Waals surface area (Å²) in [7, 11) is -0.187. The third-order valence-corrected chi connectivity index (χ3v) is 9.64. The van der Waals surface area contributed by atoms with Crippen molar-refractivity contribution in [2.45, 2.75) is 78.1 Å². The largest absolute Gasteiger partial charge is 0.496 e. The molecule has 0 spiro atoms. The first kappa shape index (κ1) is 24.4. The van der Waals surface area contributed by atoms with Gasteiger partial charge in [0.2, 0.25) is 0 Å². The molecule has 28 heavy (non-hydrogen) atoms. The molecule has 0 aliphatic rings. The van der Waals surface area contributed by atoms with Crippen LogP contribution in [0.4, 0.5) is 0 Å². The van der Waals surface area contributed by atoms with E-state index in [9.17, 15) is 4.79 Å². The number of rotatable bonds is 7. The standard InChI is InChI=1S/C23H38O4Si/c1-17(16-26-28(9,10)23(5,6)7)18-12-11-13-20(25-8)19(18)14-15-21(24)27-22(2,3)4/h11-15,17H,16H2,1-10H3/b15-14+. The van der Waals surface area contributed by atoms with Crippen LogP contribution in [0.2, 0.25) is 18.1 Å². The highest BCUT2D eigenvalue weighted by molar-refractivity contribution is 6.74. The summed E-state index contributed by atoms with van der Waals surface area (Å²) in [5.74, 6) is 0.536. The summed E-state index contributed by atoms with van der Waals surface area (Å²) in [5, 5.41) is 0.167. The maximum atomic E-state index is 12.1. The van der Waals surface area contributed by atoms with Crippen molar-refractivity contribution in [2.24, 2.45) is 0 Å². The topological polar surface area (TPSA) is 44.8 Å². The Labute approximate surface area is 172 Å². The Morgan fingerprint density at radius 2 is 1.75 bits per heavy atom. The number of hydrogen-bond donors (Lipinski definition) is 0. The van der Waals surface area contributed by atoms with E-state index < -0.39 is 13.9 Å². The summed E-state index contributed by atoms with van der Waals surface area (Å²) in [6.07, 6.45) is 3.25. The molecule has 0 amide bonds. The lowest BCUT2D eigenvalue weighted by Gasteiger charge is -2.37. The molecule has 0 saturated carbocycles. The third kappa shape index (κ3) is 7.10. The van der Waals surface area contributed by atoms with E-state index in [1.807, 2.05) is 32.9 Å². The Hall–Kier alpha value is -1.59. The summed E-state index contributed by atoms with van der Waals surface area (Å²) < 4.78 is 17.3.